The maximum absolute atomic E-state index is 5.54. The molecule has 0 amide bonds. The molecular formula is C22H22O2. The van der Waals surface area contributed by atoms with Gasteiger partial charge in [-0.15, -0.1) is 0 Å². The van der Waals surface area contributed by atoms with Crippen molar-refractivity contribution in [1.29, 1.82) is 0 Å². The fourth-order valence-electron chi connectivity index (χ4n) is 2.95. The summed E-state index contributed by atoms with van der Waals surface area (Å²) in [6.45, 7) is 4.19. The molecule has 0 atom stereocenters. The Balaban J connectivity index is 2.14. The monoisotopic (exact) mass is 318 g/mol. The lowest BCUT2D eigenvalue weighted by atomic mass is 9.96. The van der Waals surface area contributed by atoms with E-state index in [1.54, 1.807) is 14.2 Å². The second kappa shape index (κ2) is 6.79. The standard InChI is InChI=1S/C22H22O2/c1-15-8-10-21(23-3)19(12-15)17-6-5-7-18(14-17)20-13-16(2)9-11-22(20)24-4/h5-14H,1-4H3. The second-order valence-corrected chi connectivity index (χ2v) is 5.99. The van der Waals surface area contributed by atoms with Gasteiger partial charge in [-0.25, -0.2) is 0 Å². The molecule has 0 aliphatic heterocycles. The van der Waals surface area contributed by atoms with Gasteiger partial charge >= 0.3 is 0 Å². The van der Waals surface area contributed by atoms with Crippen molar-refractivity contribution in [2.45, 2.75) is 13.8 Å². The minimum absolute atomic E-state index is 0.883. The molecule has 2 nitrogen and oxygen atoms in total. The molecule has 24 heavy (non-hydrogen) atoms. The van der Waals surface area contributed by atoms with Gasteiger partial charge < -0.3 is 9.47 Å². The van der Waals surface area contributed by atoms with Gasteiger partial charge in [-0.3, -0.25) is 0 Å². The van der Waals surface area contributed by atoms with Crippen LogP contribution in [0.2, 0.25) is 0 Å². The maximum atomic E-state index is 5.54. The molecule has 3 aromatic rings. The normalized spacial score (nSPS) is 10.5. The van der Waals surface area contributed by atoms with Crippen LogP contribution in [0.3, 0.4) is 0 Å². The van der Waals surface area contributed by atoms with Gasteiger partial charge in [-0.1, -0.05) is 41.5 Å². The first-order chi connectivity index (χ1) is 11.6. The van der Waals surface area contributed by atoms with Crippen LogP contribution < -0.4 is 9.47 Å². The molecule has 0 saturated heterocycles. The Morgan fingerprint density at radius 1 is 0.583 bits per heavy atom. The van der Waals surface area contributed by atoms with Crippen molar-refractivity contribution in [3.63, 3.8) is 0 Å². The molecule has 0 spiro atoms. The zero-order chi connectivity index (χ0) is 17.1. The van der Waals surface area contributed by atoms with E-state index in [4.69, 9.17) is 9.47 Å². The minimum Gasteiger partial charge on any atom is -0.496 e. The molecule has 0 saturated carbocycles. The largest absolute Gasteiger partial charge is 0.496 e. The molecule has 0 N–H and O–H groups in total. The summed E-state index contributed by atoms with van der Waals surface area (Å²) in [5.41, 5.74) is 6.90. The lowest BCUT2D eigenvalue weighted by Gasteiger charge is -2.13. The minimum atomic E-state index is 0.883. The van der Waals surface area contributed by atoms with Crippen LogP contribution in [0.15, 0.2) is 60.7 Å². The van der Waals surface area contributed by atoms with Crippen LogP contribution in [-0.4, -0.2) is 14.2 Å². The maximum Gasteiger partial charge on any atom is 0.126 e. The predicted molar refractivity (Wildman–Crippen MR) is 99.9 cm³/mol. The van der Waals surface area contributed by atoms with Crippen LogP contribution in [-0.2, 0) is 0 Å². The van der Waals surface area contributed by atoms with E-state index in [1.165, 1.54) is 11.1 Å². The van der Waals surface area contributed by atoms with Crippen LogP contribution in [0.4, 0.5) is 0 Å². The molecule has 0 aliphatic carbocycles. The third-order valence-corrected chi connectivity index (χ3v) is 4.19. The molecule has 0 radical (unpaired) electrons. The first-order valence-electron chi connectivity index (χ1n) is 8.02. The fourth-order valence-corrected chi connectivity index (χ4v) is 2.95. The molecule has 0 unspecified atom stereocenters. The molecule has 0 bridgehead atoms. The van der Waals surface area contributed by atoms with Crippen molar-refractivity contribution in [3.8, 4) is 33.8 Å². The average Bonchev–Trinajstić information content (AvgIpc) is 2.61. The number of aryl methyl sites for hydroxylation is 2. The molecule has 0 aliphatic rings. The summed E-state index contributed by atoms with van der Waals surface area (Å²) in [7, 11) is 3.42. The summed E-state index contributed by atoms with van der Waals surface area (Å²) in [4.78, 5) is 0. The molecule has 0 heterocycles. The third kappa shape index (κ3) is 3.13. The number of rotatable bonds is 4. The summed E-state index contributed by atoms with van der Waals surface area (Å²) in [5, 5.41) is 0. The topological polar surface area (TPSA) is 18.5 Å². The summed E-state index contributed by atoms with van der Waals surface area (Å²) in [6.07, 6.45) is 0. The molecule has 0 fully saturated rings. The number of hydrogen-bond acceptors (Lipinski definition) is 2. The van der Waals surface area contributed by atoms with Gasteiger partial charge in [0, 0.05) is 11.1 Å². The SMILES string of the molecule is COc1ccc(C)cc1-c1cccc(-c2cc(C)ccc2OC)c1. The summed E-state index contributed by atoms with van der Waals surface area (Å²) in [6, 6.07) is 21.0. The van der Waals surface area contributed by atoms with Crippen LogP contribution in [0.1, 0.15) is 11.1 Å². The Bertz CT molecular complexity index is 797. The van der Waals surface area contributed by atoms with Crippen LogP contribution in [0, 0.1) is 13.8 Å². The van der Waals surface area contributed by atoms with Crippen molar-refractivity contribution < 1.29 is 9.47 Å². The van der Waals surface area contributed by atoms with Crippen molar-refractivity contribution in [2.24, 2.45) is 0 Å². The Morgan fingerprint density at radius 3 is 1.46 bits per heavy atom. The van der Waals surface area contributed by atoms with Crippen LogP contribution >= 0.6 is 0 Å². The van der Waals surface area contributed by atoms with E-state index in [0.717, 1.165) is 33.8 Å². The van der Waals surface area contributed by atoms with Crippen molar-refractivity contribution in [2.75, 3.05) is 14.2 Å². The van der Waals surface area contributed by atoms with E-state index in [1.807, 2.05) is 12.1 Å². The predicted octanol–water partition coefficient (Wildman–Crippen LogP) is 5.65. The van der Waals surface area contributed by atoms with E-state index < -0.39 is 0 Å². The Kier molecular flexibility index (Phi) is 4.57. The van der Waals surface area contributed by atoms with Gasteiger partial charge in [0.1, 0.15) is 11.5 Å². The van der Waals surface area contributed by atoms with Crippen molar-refractivity contribution in [3.05, 3.63) is 71.8 Å². The Hall–Kier alpha value is -2.74. The quantitative estimate of drug-likeness (QED) is 0.618. The van der Waals surface area contributed by atoms with Gasteiger partial charge in [0.25, 0.3) is 0 Å². The zero-order valence-corrected chi connectivity index (χ0v) is 14.6. The Morgan fingerprint density at radius 2 is 1.04 bits per heavy atom. The molecule has 122 valence electrons. The fraction of sp³-hybridized carbons (Fsp3) is 0.182. The number of benzene rings is 3. The van der Waals surface area contributed by atoms with Crippen molar-refractivity contribution >= 4 is 0 Å². The summed E-state index contributed by atoms with van der Waals surface area (Å²) in [5.74, 6) is 1.77. The highest BCUT2D eigenvalue weighted by Gasteiger charge is 2.10. The van der Waals surface area contributed by atoms with E-state index in [2.05, 4.69) is 62.4 Å². The number of ether oxygens (including phenoxy) is 2. The highest BCUT2D eigenvalue weighted by atomic mass is 16.5. The molecular weight excluding hydrogens is 296 g/mol. The van der Waals surface area contributed by atoms with Gasteiger partial charge in [0.15, 0.2) is 0 Å². The Labute approximate surface area is 143 Å². The van der Waals surface area contributed by atoms with Gasteiger partial charge in [0.2, 0.25) is 0 Å². The number of hydrogen-bond donors (Lipinski definition) is 0. The second-order valence-electron chi connectivity index (χ2n) is 5.99. The van der Waals surface area contributed by atoms with Gasteiger partial charge in [-0.2, -0.15) is 0 Å². The highest BCUT2D eigenvalue weighted by Crippen LogP contribution is 2.36. The third-order valence-electron chi connectivity index (χ3n) is 4.19. The smallest absolute Gasteiger partial charge is 0.126 e. The lowest BCUT2D eigenvalue weighted by molar-refractivity contribution is 0.416. The van der Waals surface area contributed by atoms with E-state index in [-0.39, 0.29) is 0 Å². The molecule has 3 aromatic carbocycles. The summed E-state index contributed by atoms with van der Waals surface area (Å²) >= 11 is 0. The van der Waals surface area contributed by atoms with Crippen molar-refractivity contribution in [1.82, 2.24) is 0 Å². The molecule has 0 aromatic heterocycles. The van der Waals surface area contributed by atoms with E-state index in [9.17, 15) is 0 Å². The van der Waals surface area contributed by atoms with E-state index >= 15 is 0 Å². The van der Waals surface area contributed by atoms with Gasteiger partial charge in [-0.05, 0) is 55.3 Å². The molecule has 3 rings (SSSR count). The van der Waals surface area contributed by atoms with Crippen LogP contribution in [0.25, 0.3) is 22.3 Å². The first kappa shape index (κ1) is 16.1. The highest BCUT2D eigenvalue weighted by molar-refractivity contribution is 5.79. The van der Waals surface area contributed by atoms with E-state index in [0.29, 0.717) is 0 Å². The van der Waals surface area contributed by atoms with Crippen LogP contribution in [0.5, 0.6) is 11.5 Å². The average molecular weight is 318 g/mol. The molecule has 2 heteroatoms. The first-order valence-corrected chi connectivity index (χ1v) is 8.02. The van der Waals surface area contributed by atoms with Gasteiger partial charge in [0.05, 0.1) is 14.2 Å². The summed E-state index contributed by atoms with van der Waals surface area (Å²) < 4.78 is 11.1. The zero-order valence-electron chi connectivity index (χ0n) is 14.6. The lowest BCUT2D eigenvalue weighted by Crippen LogP contribution is -1.91. The number of methoxy groups -OCH3 is 2.